The van der Waals surface area contributed by atoms with Crippen molar-refractivity contribution in [3.63, 3.8) is 0 Å². The number of hydrogen-bond donors (Lipinski definition) is 0. The van der Waals surface area contributed by atoms with Gasteiger partial charge in [-0.1, -0.05) is 30.1 Å². The maximum atomic E-state index is 11.8. The van der Waals surface area contributed by atoms with Crippen molar-refractivity contribution in [2.24, 2.45) is 0 Å². The van der Waals surface area contributed by atoms with E-state index < -0.39 is 0 Å². The molecule has 6 heteroatoms. The highest BCUT2D eigenvalue weighted by atomic mass is 35.5. The van der Waals surface area contributed by atoms with Crippen LogP contribution in [0.3, 0.4) is 0 Å². The maximum Gasteiger partial charge on any atom is 0.250 e. The number of aryl methyl sites for hydroxylation is 3. The van der Waals surface area contributed by atoms with Crippen molar-refractivity contribution in [3.05, 3.63) is 74.4 Å². The number of benzene rings is 1. The minimum Gasteiger partial charge on any atom is -0.453 e. The fourth-order valence-corrected chi connectivity index (χ4v) is 3.50. The Balaban J connectivity index is 1.97. The molecule has 2 heterocycles. The van der Waals surface area contributed by atoms with Crippen LogP contribution < -0.4 is 10.3 Å². The molecular weight excluding hydrogens is 371 g/mol. The highest BCUT2D eigenvalue weighted by Crippen LogP contribution is 2.38. The number of ether oxygens (including phenoxy) is 1. The van der Waals surface area contributed by atoms with Gasteiger partial charge in [0, 0.05) is 35.9 Å². The molecule has 0 fully saturated rings. The Bertz CT molecular complexity index is 963. The Morgan fingerprint density at radius 3 is 2.19 bits per heavy atom. The van der Waals surface area contributed by atoms with Crippen molar-refractivity contribution in [3.8, 4) is 17.2 Å². The zero-order valence-electron chi connectivity index (χ0n) is 14.9. The lowest BCUT2D eigenvalue weighted by atomic mass is 10.2. The Hall–Kier alpha value is -2.17. The standard InChI is InChI=1S/C20H20Cl2N2O2/c1-4-9-23-12-16(7-8-19(23)25)26-20-17(21)10-15(11-18(20)22)24-13(2)5-6-14(24)3/h5-8,10-12H,4,9H2,1-3H3. The number of rotatable bonds is 5. The molecule has 0 bridgehead atoms. The molecule has 0 saturated heterocycles. The Morgan fingerprint density at radius 2 is 1.62 bits per heavy atom. The van der Waals surface area contributed by atoms with Crippen molar-refractivity contribution in [2.75, 3.05) is 0 Å². The van der Waals surface area contributed by atoms with Crippen LogP contribution in [0.15, 0.2) is 47.4 Å². The van der Waals surface area contributed by atoms with Crippen molar-refractivity contribution in [2.45, 2.75) is 33.7 Å². The van der Waals surface area contributed by atoms with Gasteiger partial charge in [-0.3, -0.25) is 4.79 Å². The predicted octanol–water partition coefficient (Wildman–Crippen LogP) is 5.76. The summed E-state index contributed by atoms with van der Waals surface area (Å²) in [7, 11) is 0. The first kappa shape index (κ1) is 18.6. The molecule has 2 aromatic heterocycles. The minimum atomic E-state index is -0.0645. The van der Waals surface area contributed by atoms with Crippen molar-refractivity contribution >= 4 is 23.2 Å². The quantitative estimate of drug-likeness (QED) is 0.554. The van der Waals surface area contributed by atoms with E-state index in [4.69, 9.17) is 27.9 Å². The van der Waals surface area contributed by atoms with Gasteiger partial charge in [-0.25, -0.2) is 0 Å². The van der Waals surface area contributed by atoms with Gasteiger partial charge in [-0.15, -0.1) is 0 Å². The van der Waals surface area contributed by atoms with Gasteiger partial charge >= 0.3 is 0 Å². The molecule has 0 N–H and O–H groups in total. The van der Waals surface area contributed by atoms with E-state index in [0.29, 0.717) is 28.1 Å². The molecule has 136 valence electrons. The van der Waals surface area contributed by atoms with Crippen LogP contribution in [0.5, 0.6) is 11.5 Å². The van der Waals surface area contributed by atoms with Crippen molar-refractivity contribution in [1.29, 1.82) is 0 Å². The lowest BCUT2D eigenvalue weighted by Gasteiger charge is -2.15. The third-order valence-corrected chi connectivity index (χ3v) is 4.71. The molecule has 0 unspecified atom stereocenters. The topological polar surface area (TPSA) is 36.2 Å². The number of hydrogen-bond acceptors (Lipinski definition) is 2. The third-order valence-electron chi connectivity index (χ3n) is 4.15. The van der Waals surface area contributed by atoms with Crippen LogP contribution in [0.1, 0.15) is 24.7 Å². The molecule has 0 aliphatic heterocycles. The van der Waals surface area contributed by atoms with E-state index in [-0.39, 0.29) is 5.56 Å². The fraction of sp³-hybridized carbons (Fsp3) is 0.250. The molecule has 1 aromatic carbocycles. The lowest BCUT2D eigenvalue weighted by molar-refractivity contribution is 0.472. The van der Waals surface area contributed by atoms with Gasteiger partial charge < -0.3 is 13.9 Å². The van der Waals surface area contributed by atoms with Crippen LogP contribution in [0.2, 0.25) is 10.0 Å². The second-order valence-corrected chi connectivity index (χ2v) is 7.00. The monoisotopic (exact) mass is 390 g/mol. The molecule has 3 aromatic rings. The van der Waals surface area contributed by atoms with Crippen molar-refractivity contribution < 1.29 is 4.74 Å². The summed E-state index contributed by atoms with van der Waals surface area (Å²) in [4.78, 5) is 11.8. The van der Waals surface area contributed by atoms with E-state index in [1.807, 2.05) is 45.0 Å². The van der Waals surface area contributed by atoms with Crippen LogP contribution in [0.25, 0.3) is 5.69 Å². The molecule has 0 spiro atoms. The zero-order chi connectivity index (χ0) is 18.8. The molecule has 0 atom stereocenters. The second-order valence-electron chi connectivity index (χ2n) is 6.19. The summed E-state index contributed by atoms with van der Waals surface area (Å²) >= 11 is 12.9. The summed E-state index contributed by atoms with van der Waals surface area (Å²) in [5, 5.41) is 0.821. The van der Waals surface area contributed by atoms with E-state index >= 15 is 0 Å². The van der Waals surface area contributed by atoms with Gasteiger partial charge in [-0.2, -0.15) is 0 Å². The molecule has 0 radical (unpaired) electrons. The van der Waals surface area contributed by atoms with E-state index in [9.17, 15) is 4.79 Å². The molecule has 0 aliphatic carbocycles. The molecule has 3 rings (SSSR count). The smallest absolute Gasteiger partial charge is 0.250 e. The van der Waals surface area contributed by atoms with Gasteiger partial charge in [0.2, 0.25) is 0 Å². The maximum absolute atomic E-state index is 11.8. The summed E-state index contributed by atoms with van der Waals surface area (Å²) in [6, 6.07) is 10.8. The van der Waals surface area contributed by atoms with Crippen molar-refractivity contribution in [1.82, 2.24) is 9.13 Å². The average Bonchev–Trinajstić information content (AvgIpc) is 2.92. The van der Waals surface area contributed by atoms with E-state index in [1.54, 1.807) is 16.8 Å². The van der Waals surface area contributed by atoms with Gasteiger partial charge in [0.05, 0.1) is 10.0 Å². The van der Waals surface area contributed by atoms with Gasteiger partial charge in [0.25, 0.3) is 5.56 Å². The SMILES string of the molecule is CCCn1cc(Oc2c(Cl)cc(-n3c(C)ccc3C)cc2Cl)ccc1=O. The first-order valence-electron chi connectivity index (χ1n) is 8.43. The third kappa shape index (κ3) is 3.67. The first-order chi connectivity index (χ1) is 12.4. The van der Waals surface area contributed by atoms with E-state index in [0.717, 1.165) is 23.5 Å². The number of halogens is 2. The summed E-state index contributed by atoms with van der Waals surface area (Å²) < 4.78 is 9.56. The average molecular weight is 391 g/mol. The summed E-state index contributed by atoms with van der Waals surface area (Å²) in [5.74, 6) is 0.893. The second kappa shape index (κ2) is 7.60. The summed E-state index contributed by atoms with van der Waals surface area (Å²) in [6.45, 7) is 6.69. The Kier molecular flexibility index (Phi) is 5.44. The fourth-order valence-electron chi connectivity index (χ4n) is 2.95. The normalized spacial score (nSPS) is 11.0. The van der Waals surface area contributed by atoms with Gasteiger partial charge in [0.1, 0.15) is 5.75 Å². The Morgan fingerprint density at radius 1 is 1.00 bits per heavy atom. The van der Waals surface area contributed by atoms with E-state index in [1.165, 1.54) is 6.07 Å². The number of pyridine rings is 1. The van der Waals surface area contributed by atoms with Crippen LogP contribution in [-0.2, 0) is 6.54 Å². The van der Waals surface area contributed by atoms with E-state index in [2.05, 4.69) is 4.57 Å². The van der Waals surface area contributed by atoms with Crippen LogP contribution in [0, 0.1) is 13.8 Å². The molecule has 26 heavy (non-hydrogen) atoms. The number of nitrogens with zero attached hydrogens (tertiary/aromatic N) is 2. The lowest BCUT2D eigenvalue weighted by Crippen LogP contribution is -2.17. The zero-order valence-corrected chi connectivity index (χ0v) is 16.4. The first-order valence-corrected chi connectivity index (χ1v) is 9.19. The molecule has 0 amide bonds. The molecule has 4 nitrogen and oxygen atoms in total. The summed E-state index contributed by atoms with van der Waals surface area (Å²) in [5.41, 5.74) is 3.00. The van der Waals surface area contributed by atoms with Gasteiger partial charge in [0.15, 0.2) is 5.75 Å². The largest absolute Gasteiger partial charge is 0.453 e. The highest BCUT2D eigenvalue weighted by molar-refractivity contribution is 6.37. The van der Waals surface area contributed by atoms with Gasteiger partial charge in [-0.05, 0) is 50.6 Å². The molecular formula is C20H20Cl2N2O2. The predicted molar refractivity (Wildman–Crippen MR) is 106 cm³/mol. The highest BCUT2D eigenvalue weighted by Gasteiger charge is 2.14. The minimum absolute atomic E-state index is 0.0645. The number of aromatic nitrogens is 2. The van der Waals surface area contributed by atoms with Crippen LogP contribution in [0.4, 0.5) is 0 Å². The van der Waals surface area contributed by atoms with Crippen LogP contribution in [-0.4, -0.2) is 9.13 Å². The summed E-state index contributed by atoms with van der Waals surface area (Å²) in [6.07, 6.45) is 2.53. The molecule has 0 aliphatic rings. The van der Waals surface area contributed by atoms with Crippen LogP contribution >= 0.6 is 23.2 Å². The Labute approximate surface area is 162 Å². The molecule has 0 saturated carbocycles.